The molecule has 2 rings (SSSR count). The quantitative estimate of drug-likeness (QED) is 0.846. The molecule has 0 amide bonds. The van der Waals surface area contributed by atoms with Crippen LogP contribution in [0.4, 0.5) is 4.39 Å². The summed E-state index contributed by atoms with van der Waals surface area (Å²) >= 11 is 3.10. The first-order valence-electron chi connectivity index (χ1n) is 5.79. The van der Waals surface area contributed by atoms with Gasteiger partial charge >= 0.3 is 0 Å². The molecule has 0 saturated heterocycles. The first-order chi connectivity index (χ1) is 9.63. The minimum absolute atomic E-state index is 0.233. The molecule has 0 radical (unpaired) electrons. The van der Waals surface area contributed by atoms with Crippen molar-refractivity contribution in [3.63, 3.8) is 0 Å². The number of hydrogen-bond acceptors (Lipinski definition) is 3. The Morgan fingerprint density at radius 1 is 1.25 bits per heavy atom. The van der Waals surface area contributed by atoms with Crippen molar-refractivity contribution in [3.8, 4) is 17.6 Å². The van der Waals surface area contributed by atoms with Crippen LogP contribution in [0, 0.1) is 17.1 Å². The lowest BCUT2D eigenvalue weighted by Crippen LogP contribution is -1.99. The van der Waals surface area contributed by atoms with Crippen LogP contribution in [0.1, 0.15) is 11.1 Å². The highest BCUT2D eigenvalue weighted by molar-refractivity contribution is 9.10. The molecule has 0 aliphatic rings. The van der Waals surface area contributed by atoms with Gasteiger partial charge in [-0.2, -0.15) is 5.26 Å². The Morgan fingerprint density at radius 2 is 2.05 bits per heavy atom. The molecule has 0 aliphatic carbocycles. The van der Waals surface area contributed by atoms with Crippen molar-refractivity contribution in [1.82, 2.24) is 0 Å². The number of rotatable bonds is 4. The molecule has 3 nitrogen and oxygen atoms in total. The predicted molar refractivity (Wildman–Crippen MR) is 76.1 cm³/mol. The molecule has 102 valence electrons. The zero-order valence-corrected chi connectivity index (χ0v) is 12.3. The van der Waals surface area contributed by atoms with Crippen molar-refractivity contribution in [2.45, 2.75) is 6.61 Å². The van der Waals surface area contributed by atoms with Gasteiger partial charge in [0.15, 0.2) is 0 Å². The minimum atomic E-state index is -0.346. The molecule has 0 unspecified atom stereocenters. The lowest BCUT2D eigenvalue weighted by Gasteiger charge is -2.11. The first kappa shape index (κ1) is 14.4. The summed E-state index contributed by atoms with van der Waals surface area (Å²) < 4.78 is 24.3. The van der Waals surface area contributed by atoms with Gasteiger partial charge in [0.2, 0.25) is 0 Å². The normalized spacial score (nSPS) is 9.90. The Kier molecular flexibility index (Phi) is 4.59. The van der Waals surface area contributed by atoms with Crippen molar-refractivity contribution in [2.24, 2.45) is 0 Å². The molecule has 0 fully saturated rings. The molecule has 0 saturated carbocycles. The van der Waals surface area contributed by atoms with Crippen LogP contribution in [0.25, 0.3) is 0 Å². The molecular formula is C15H11BrFNO2. The largest absolute Gasteiger partial charge is 0.496 e. The van der Waals surface area contributed by atoms with Crippen LogP contribution in [-0.2, 0) is 6.61 Å². The van der Waals surface area contributed by atoms with E-state index in [1.807, 2.05) is 0 Å². The van der Waals surface area contributed by atoms with Crippen LogP contribution in [0.3, 0.4) is 0 Å². The Balaban J connectivity index is 2.17. The molecule has 20 heavy (non-hydrogen) atoms. The first-order valence-corrected chi connectivity index (χ1v) is 6.58. The van der Waals surface area contributed by atoms with Crippen LogP contribution in [-0.4, -0.2) is 7.11 Å². The fourth-order valence-electron chi connectivity index (χ4n) is 1.69. The third-order valence-electron chi connectivity index (χ3n) is 2.69. The molecule has 0 bridgehead atoms. The van der Waals surface area contributed by atoms with E-state index < -0.39 is 0 Å². The van der Waals surface area contributed by atoms with Gasteiger partial charge in [0, 0.05) is 5.56 Å². The van der Waals surface area contributed by atoms with E-state index >= 15 is 0 Å². The Bertz CT molecular complexity index is 667. The van der Waals surface area contributed by atoms with E-state index in [9.17, 15) is 4.39 Å². The van der Waals surface area contributed by atoms with Gasteiger partial charge in [0.25, 0.3) is 0 Å². The van der Waals surface area contributed by atoms with Crippen LogP contribution >= 0.6 is 15.9 Å². The van der Waals surface area contributed by atoms with Crippen LogP contribution < -0.4 is 9.47 Å². The van der Waals surface area contributed by atoms with Crippen LogP contribution in [0.5, 0.6) is 11.5 Å². The highest BCUT2D eigenvalue weighted by Crippen LogP contribution is 2.25. The summed E-state index contributed by atoms with van der Waals surface area (Å²) in [5.74, 6) is 0.828. The van der Waals surface area contributed by atoms with Crippen molar-refractivity contribution < 1.29 is 13.9 Å². The maximum Gasteiger partial charge on any atom is 0.137 e. The van der Waals surface area contributed by atoms with Crippen LogP contribution in [0.2, 0.25) is 0 Å². The highest BCUT2D eigenvalue weighted by Gasteiger charge is 2.07. The number of benzene rings is 2. The van der Waals surface area contributed by atoms with Crippen molar-refractivity contribution in [1.29, 1.82) is 5.26 Å². The lowest BCUT2D eigenvalue weighted by molar-refractivity contribution is 0.296. The predicted octanol–water partition coefficient (Wildman–Crippen LogP) is 4.05. The average molecular weight is 336 g/mol. The number of hydrogen-bond donors (Lipinski definition) is 0. The molecule has 0 atom stereocenters. The summed E-state index contributed by atoms with van der Waals surface area (Å²) in [5.41, 5.74) is 1.29. The van der Waals surface area contributed by atoms with Crippen molar-refractivity contribution in [2.75, 3.05) is 7.11 Å². The standard InChI is InChI=1S/C15H11BrFNO2/c1-19-15-5-2-10(8-18)6-11(15)9-20-12-3-4-14(17)13(16)7-12/h2-7H,9H2,1H3. The zero-order chi connectivity index (χ0) is 14.5. The van der Waals surface area contributed by atoms with Crippen molar-refractivity contribution in [3.05, 3.63) is 57.8 Å². The maximum absolute atomic E-state index is 13.1. The second kappa shape index (κ2) is 6.40. The molecule has 0 aromatic heterocycles. The summed E-state index contributed by atoms with van der Waals surface area (Å²) in [4.78, 5) is 0. The number of halogens is 2. The van der Waals surface area contributed by atoms with Gasteiger partial charge in [-0.25, -0.2) is 4.39 Å². The van der Waals surface area contributed by atoms with Gasteiger partial charge in [0.05, 0.1) is 23.2 Å². The molecule has 0 aliphatic heterocycles. The summed E-state index contributed by atoms with van der Waals surface area (Å²) in [6.07, 6.45) is 0. The third-order valence-corrected chi connectivity index (χ3v) is 3.30. The second-order valence-electron chi connectivity index (χ2n) is 4.00. The van der Waals surface area contributed by atoms with Gasteiger partial charge < -0.3 is 9.47 Å². The maximum atomic E-state index is 13.1. The summed E-state index contributed by atoms with van der Waals surface area (Å²) in [6.45, 7) is 0.233. The van der Waals surface area contributed by atoms with Gasteiger partial charge in [-0.15, -0.1) is 0 Å². The summed E-state index contributed by atoms with van der Waals surface area (Å²) in [5, 5.41) is 8.90. The molecule has 0 heterocycles. The van der Waals surface area contributed by atoms with Crippen LogP contribution in [0.15, 0.2) is 40.9 Å². The number of nitrogens with zero attached hydrogens (tertiary/aromatic N) is 1. The van der Waals surface area contributed by atoms with Crippen molar-refractivity contribution >= 4 is 15.9 Å². The topological polar surface area (TPSA) is 42.2 Å². The van der Waals surface area contributed by atoms with E-state index in [1.165, 1.54) is 6.07 Å². The Morgan fingerprint density at radius 3 is 2.70 bits per heavy atom. The fourth-order valence-corrected chi connectivity index (χ4v) is 2.05. The molecular weight excluding hydrogens is 325 g/mol. The fraction of sp³-hybridized carbons (Fsp3) is 0.133. The van der Waals surface area contributed by atoms with Gasteiger partial charge in [-0.1, -0.05) is 0 Å². The number of methoxy groups -OCH3 is 1. The number of nitriles is 1. The smallest absolute Gasteiger partial charge is 0.137 e. The van der Waals surface area contributed by atoms with Gasteiger partial charge in [-0.05, 0) is 52.3 Å². The summed E-state index contributed by atoms with van der Waals surface area (Å²) in [7, 11) is 1.55. The van der Waals surface area contributed by atoms with E-state index in [2.05, 4.69) is 22.0 Å². The van der Waals surface area contributed by atoms with Gasteiger partial charge in [-0.3, -0.25) is 0 Å². The SMILES string of the molecule is COc1ccc(C#N)cc1COc1ccc(F)c(Br)c1. The molecule has 0 spiro atoms. The van der Waals surface area contributed by atoms with E-state index in [1.54, 1.807) is 37.4 Å². The second-order valence-corrected chi connectivity index (χ2v) is 4.86. The van der Waals surface area contributed by atoms with E-state index in [0.29, 0.717) is 21.5 Å². The monoisotopic (exact) mass is 335 g/mol. The molecule has 0 N–H and O–H groups in total. The van der Waals surface area contributed by atoms with E-state index in [0.717, 1.165) is 5.56 Å². The number of ether oxygens (including phenoxy) is 2. The Labute approximate surface area is 124 Å². The Hall–Kier alpha value is -2.06. The average Bonchev–Trinajstić information content (AvgIpc) is 2.48. The third kappa shape index (κ3) is 3.28. The van der Waals surface area contributed by atoms with E-state index in [-0.39, 0.29) is 12.4 Å². The highest BCUT2D eigenvalue weighted by atomic mass is 79.9. The lowest BCUT2D eigenvalue weighted by atomic mass is 10.1. The van der Waals surface area contributed by atoms with Gasteiger partial charge in [0.1, 0.15) is 23.9 Å². The summed E-state index contributed by atoms with van der Waals surface area (Å²) in [6, 6.07) is 11.6. The minimum Gasteiger partial charge on any atom is -0.496 e. The molecule has 2 aromatic carbocycles. The zero-order valence-electron chi connectivity index (χ0n) is 10.7. The van der Waals surface area contributed by atoms with E-state index in [4.69, 9.17) is 14.7 Å². The molecule has 5 heteroatoms. The molecule has 2 aromatic rings.